The summed E-state index contributed by atoms with van der Waals surface area (Å²) in [5, 5.41) is 0. The van der Waals surface area contributed by atoms with Crippen LogP contribution in [0.5, 0.6) is 0 Å². The molecule has 0 aliphatic heterocycles. The van der Waals surface area contributed by atoms with Crippen molar-refractivity contribution in [3.05, 3.63) is 28.2 Å². The average Bonchev–Trinajstić information content (AvgIpc) is 2.25. The summed E-state index contributed by atoms with van der Waals surface area (Å²) in [6.45, 7) is 3.78. The highest BCUT2D eigenvalue weighted by Crippen LogP contribution is 2.20. The van der Waals surface area contributed by atoms with Crippen LogP contribution in [0.3, 0.4) is 0 Å². The number of hydrogen-bond donors (Lipinski definition) is 1. The van der Waals surface area contributed by atoms with E-state index < -0.39 is 16.0 Å². The minimum Gasteiger partial charge on any atom is -0.466 e. The summed E-state index contributed by atoms with van der Waals surface area (Å²) in [4.78, 5) is 11.1. The zero-order valence-corrected chi connectivity index (χ0v) is 13.2. The number of halogens is 1. The third-order valence-electron chi connectivity index (χ3n) is 2.20. The highest BCUT2D eigenvalue weighted by molar-refractivity contribution is 9.10. The molecule has 106 valence electrons. The van der Waals surface area contributed by atoms with E-state index in [0.29, 0.717) is 5.69 Å². The van der Waals surface area contributed by atoms with Crippen molar-refractivity contribution in [1.29, 1.82) is 0 Å². The number of rotatable bonds is 6. The molecule has 0 atom stereocenters. The molecule has 0 amide bonds. The van der Waals surface area contributed by atoms with Gasteiger partial charge in [0, 0.05) is 10.2 Å². The molecule has 0 saturated carbocycles. The van der Waals surface area contributed by atoms with E-state index in [-0.39, 0.29) is 18.8 Å². The molecule has 1 rings (SSSR count). The maximum Gasteiger partial charge on any atom is 0.306 e. The molecular formula is C12H16BrNO4S. The second-order valence-corrected chi connectivity index (χ2v) is 6.75. The molecule has 0 aromatic heterocycles. The molecule has 1 aromatic rings. The number of sulfonamides is 1. The van der Waals surface area contributed by atoms with Crippen LogP contribution < -0.4 is 4.72 Å². The number of carbonyl (C=O) groups excluding carboxylic acids is 1. The van der Waals surface area contributed by atoms with Gasteiger partial charge in [-0.3, -0.25) is 9.52 Å². The van der Waals surface area contributed by atoms with Gasteiger partial charge < -0.3 is 4.74 Å². The second kappa shape index (κ2) is 6.91. The molecule has 0 radical (unpaired) electrons. The van der Waals surface area contributed by atoms with Gasteiger partial charge in [0.15, 0.2) is 0 Å². The Labute approximate surface area is 121 Å². The Balaban J connectivity index is 2.66. The second-order valence-electron chi connectivity index (χ2n) is 3.99. The van der Waals surface area contributed by atoms with Gasteiger partial charge in [0.05, 0.1) is 18.8 Å². The largest absolute Gasteiger partial charge is 0.466 e. The molecule has 5 nitrogen and oxygen atoms in total. The summed E-state index contributed by atoms with van der Waals surface area (Å²) < 4.78 is 31.5. The van der Waals surface area contributed by atoms with E-state index >= 15 is 0 Å². The van der Waals surface area contributed by atoms with E-state index in [0.717, 1.165) is 10.0 Å². The van der Waals surface area contributed by atoms with Crippen LogP contribution >= 0.6 is 15.9 Å². The molecule has 0 fully saturated rings. The van der Waals surface area contributed by atoms with Crippen LogP contribution in [0.25, 0.3) is 0 Å². The van der Waals surface area contributed by atoms with Gasteiger partial charge in [-0.05, 0) is 37.6 Å². The zero-order chi connectivity index (χ0) is 14.5. The van der Waals surface area contributed by atoms with Gasteiger partial charge in [-0.2, -0.15) is 0 Å². The standard InChI is InChI=1S/C12H16BrNO4S/c1-3-18-12(15)4-5-19(16,17)14-11-7-9(2)6-10(13)8-11/h6-8,14H,3-5H2,1-2H3. The number of carbonyl (C=O) groups is 1. The molecule has 7 heteroatoms. The maximum absolute atomic E-state index is 11.8. The number of hydrogen-bond acceptors (Lipinski definition) is 4. The summed E-state index contributed by atoms with van der Waals surface area (Å²) >= 11 is 3.29. The van der Waals surface area contributed by atoms with E-state index in [2.05, 4.69) is 25.4 Å². The Morgan fingerprint density at radius 1 is 1.37 bits per heavy atom. The molecule has 0 saturated heterocycles. The lowest BCUT2D eigenvalue weighted by atomic mass is 10.2. The smallest absolute Gasteiger partial charge is 0.306 e. The fourth-order valence-electron chi connectivity index (χ4n) is 1.48. The molecular weight excluding hydrogens is 334 g/mol. The van der Waals surface area contributed by atoms with Crippen molar-refractivity contribution in [2.75, 3.05) is 17.1 Å². The van der Waals surface area contributed by atoms with Crippen molar-refractivity contribution < 1.29 is 17.9 Å². The minimum absolute atomic E-state index is 0.157. The Bertz CT molecular complexity index is 537. The van der Waals surface area contributed by atoms with Gasteiger partial charge in [-0.25, -0.2) is 8.42 Å². The molecule has 0 unspecified atom stereocenters. The van der Waals surface area contributed by atoms with Crippen LogP contribution in [0, 0.1) is 6.92 Å². The van der Waals surface area contributed by atoms with E-state index in [1.165, 1.54) is 0 Å². The predicted octanol–water partition coefficient (Wildman–Crippen LogP) is 2.45. The SMILES string of the molecule is CCOC(=O)CCS(=O)(=O)Nc1cc(C)cc(Br)c1. The third-order valence-corrected chi connectivity index (χ3v) is 3.94. The fourth-order valence-corrected chi connectivity index (χ4v) is 3.10. The van der Waals surface area contributed by atoms with E-state index in [1.807, 2.05) is 13.0 Å². The molecule has 0 aliphatic carbocycles. The van der Waals surface area contributed by atoms with Crippen molar-refractivity contribution in [3.63, 3.8) is 0 Å². The number of benzene rings is 1. The monoisotopic (exact) mass is 349 g/mol. The molecule has 0 spiro atoms. The van der Waals surface area contributed by atoms with Crippen LogP contribution in [0.15, 0.2) is 22.7 Å². The average molecular weight is 350 g/mol. The van der Waals surface area contributed by atoms with E-state index in [1.54, 1.807) is 19.1 Å². The van der Waals surface area contributed by atoms with Gasteiger partial charge in [0.25, 0.3) is 0 Å². The van der Waals surface area contributed by atoms with Gasteiger partial charge in [-0.15, -0.1) is 0 Å². The summed E-state index contributed by atoms with van der Waals surface area (Å²) in [5.41, 5.74) is 1.40. The first kappa shape index (κ1) is 16.0. The van der Waals surface area contributed by atoms with Crippen LogP contribution in [-0.2, 0) is 19.6 Å². The minimum atomic E-state index is -3.55. The first-order chi connectivity index (χ1) is 8.82. The van der Waals surface area contributed by atoms with Crippen molar-refractivity contribution in [2.24, 2.45) is 0 Å². The highest BCUT2D eigenvalue weighted by atomic mass is 79.9. The summed E-state index contributed by atoms with van der Waals surface area (Å²) in [6, 6.07) is 5.25. The lowest BCUT2D eigenvalue weighted by molar-refractivity contribution is -0.142. The van der Waals surface area contributed by atoms with Crippen LogP contribution in [0.4, 0.5) is 5.69 Å². The lowest BCUT2D eigenvalue weighted by Gasteiger charge is -2.09. The van der Waals surface area contributed by atoms with E-state index in [9.17, 15) is 13.2 Å². The quantitative estimate of drug-likeness (QED) is 0.800. The Morgan fingerprint density at radius 3 is 2.63 bits per heavy atom. The third kappa shape index (κ3) is 6.07. The summed E-state index contributed by atoms with van der Waals surface area (Å²) in [7, 11) is -3.55. The van der Waals surface area contributed by atoms with E-state index in [4.69, 9.17) is 0 Å². The zero-order valence-electron chi connectivity index (χ0n) is 10.8. The van der Waals surface area contributed by atoms with Crippen molar-refractivity contribution in [2.45, 2.75) is 20.3 Å². The number of aryl methyl sites for hydroxylation is 1. The van der Waals surface area contributed by atoms with Crippen LogP contribution in [0.2, 0.25) is 0 Å². The number of nitrogens with one attached hydrogen (secondary N) is 1. The molecule has 1 aromatic carbocycles. The Morgan fingerprint density at radius 2 is 2.05 bits per heavy atom. The molecule has 19 heavy (non-hydrogen) atoms. The first-order valence-corrected chi connectivity index (χ1v) is 8.20. The summed E-state index contributed by atoms with van der Waals surface area (Å²) in [6.07, 6.45) is -0.157. The fraction of sp³-hybridized carbons (Fsp3) is 0.417. The topological polar surface area (TPSA) is 72.5 Å². The van der Waals surface area contributed by atoms with Gasteiger partial charge in [-0.1, -0.05) is 15.9 Å². The van der Waals surface area contributed by atoms with Crippen molar-refractivity contribution in [1.82, 2.24) is 0 Å². The van der Waals surface area contributed by atoms with Gasteiger partial charge in [0.1, 0.15) is 0 Å². The first-order valence-electron chi connectivity index (χ1n) is 5.75. The molecule has 1 N–H and O–H groups in total. The van der Waals surface area contributed by atoms with Crippen LogP contribution in [-0.4, -0.2) is 26.7 Å². The van der Waals surface area contributed by atoms with Crippen molar-refractivity contribution in [3.8, 4) is 0 Å². The molecule has 0 aliphatic rings. The number of anilines is 1. The Kier molecular flexibility index (Phi) is 5.81. The predicted molar refractivity (Wildman–Crippen MR) is 77.5 cm³/mol. The normalized spacial score (nSPS) is 11.1. The maximum atomic E-state index is 11.8. The van der Waals surface area contributed by atoms with Crippen molar-refractivity contribution >= 4 is 37.6 Å². The van der Waals surface area contributed by atoms with Gasteiger partial charge in [0.2, 0.25) is 10.0 Å². The summed E-state index contributed by atoms with van der Waals surface area (Å²) in [5.74, 6) is -0.810. The molecule has 0 bridgehead atoms. The lowest BCUT2D eigenvalue weighted by Crippen LogP contribution is -2.20. The Hall–Kier alpha value is -1.08. The highest BCUT2D eigenvalue weighted by Gasteiger charge is 2.14. The van der Waals surface area contributed by atoms with Crippen LogP contribution in [0.1, 0.15) is 18.9 Å². The number of ether oxygens (including phenoxy) is 1. The molecule has 0 heterocycles. The number of esters is 1. The van der Waals surface area contributed by atoms with Gasteiger partial charge >= 0.3 is 5.97 Å².